The third-order valence-electron chi connectivity index (χ3n) is 5.79. The molecule has 0 saturated heterocycles. The van der Waals surface area contributed by atoms with Crippen molar-refractivity contribution in [3.05, 3.63) is 29.8 Å². The quantitative estimate of drug-likeness (QED) is 0.868. The first-order valence-electron chi connectivity index (χ1n) is 8.02. The molecule has 4 saturated carbocycles. The highest BCUT2D eigenvalue weighted by atomic mass is 19.1. The van der Waals surface area contributed by atoms with E-state index in [1.54, 1.807) is 6.07 Å². The highest BCUT2D eigenvalue weighted by Gasteiger charge is 2.50. The number of amides is 1. The summed E-state index contributed by atoms with van der Waals surface area (Å²) >= 11 is 0. The minimum atomic E-state index is -0.680. The summed E-state index contributed by atoms with van der Waals surface area (Å²) in [7, 11) is 0. The molecule has 0 aliphatic heterocycles. The van der Waals surface area contributed by atoms with Crippen molar-refractivity contribution in [2.45, 2.75) is 38.5 Å². The molecule has 1 amide bonds. The van der Waals surface area contributed by atoms with Crippen molar-refractivity contribution in [3.8, 4) is 0 Å². The number of nitrogens with zero attached hydrogens (tertiary/aromatic N) is 1. The Morgan fingerprint density at radius 1 is 1.24 bits per heavy atom. The van der Waals surface area contributed by atoms with Crippen LogP contribution in [0.4, 0.5) is 4.39 Å². The van der Waals surface area contributed by atoms with Gasteiger partial charge >= 0.3 is 0 Å². The van der Waals surface area contributed by atoms with Gasteiger partial charge in [-0.25, -0.2) is 4.98 Å². The number of carbonyl (C=O) groups is 1. The lowest BCUT2D eigenvalue weighted by atomic mass is 9.49. The van der Waals surface area contributed by atoms with Gasteiger partial charge in [-0.1, -0.05) is 0 Å². The predicted molar refractivity (Wildman–Crippen MR) is 77.1 cm³/mol. The lowest BCUT2D eigenvalue weighted by Crippen LogP contribution is -2.51. The Bertz CT molecular complexity index is 536. The molecule has 112 valence electrons. The maximum absolute atomic E-state index is 13.6. The normalized spacial score (nSPS) is 36.7. The number of halogens is 1. The number of hydrogen-bond acceptors (Lipinski definition) is 2. The van der Waals surface area contributed by atoms with Crippen molar-refractivity contribution in [1.29, 1.82) is 0 Å². The van der Waals surface area contributed by atoms with Gasteiger partial charge in [0.15, 0.2) is 0 Å². The predicted octanol–water partition coefficient (Wildman–Crippen LogP) is 3.17. The zero-order valence-corrected chi connectivity index (χ0v) is 12.1. The van der Waals surface area contributed by atoms with Crippen molar-refractivity contribution < 1.29 is 9.18 Å². The average molecular weight is 288 g/mol. The summed E-state index contributed by atoms with van der Waals surface area (Å²) in [5.74, 6) is 1.59. The molecule has 4 aliphatic rings. The van der Waals surface area contributed by atoms with Crippen LogP contribution in [0, 0.1) is 29.1 Å². The molecule has 0 aromatic carbocycles. The molecule has 4 fully saturated rings. The number of nitrogens with one attached hydrogen (secondary N) is 1. The molecule has 0 spiro atoms. The molecule has 1 N–H and O–H groups in total. The summed E-state index contributed by atoms with van der Waals surface area (Å²) in [6.07, 6.45) is 9.28. The van der Waals surface area contributed by atoms with E-state index >= 15 is 0 Å². The molecule has 0 radical (unpaired) electrons. The third kappa shape index (κ3) is 2.34. The Kier molecular flexibility index (Phi) is 3.02. The van der Waals surface area contributed by atoms with E-state index in [2.05, 4.69) is 10.3 Å². The Morgan fingerprint density at radius 3 is 2.43 bits per heavy atom. The SMILES string of the molecule is O=C(NCC12CC3CC(CC(C3)C1)C2)c1cccnc1F. The summed E-state index contributed by atoms with van der Waals surface area (Å²) in [4.78, 5) is 15.7. The first-order valence-corrected chi connectivity index (χ1v) is 8.02. The van der Waals surface area contributed by atoms with Crippen LogP contribution in [0.3, 0.4) is 0 Å². The van der Waals surface area contributed by atoms with Gasteiger partial charge in [-0.15, -0.1) is 0 Å². The van der Waals surface area contributed by atoms with Crippen LogP contribution in [-0.4, -0.2) is 17.4 Å². The molecule has 4 aliphatic carbocycles. The third-order valence-corrected chi connectivity index (χ3v) is 5.79. The summed E-state index contributed by atoms with van der Waals surface area (Å²) in [5, 5.41) is 2.98. The van der Waals surface area contributed by atoms with Crippen LogP contribution in [0.25, 0.3) is 0 Å². The molecular weight excluding hydrogens is 267 g/mol. The van der Waals surface area contributed by atoms with Crippen molar-refractivity contribution >= 4 is 5.91 Å². The second-order valence-electron chi connectivity index (χ2n) is 7.44. The molecular formula is C17H21FN2O. The second-order valence-corrected chi connectivity index (χ2v) is 7.44. The highest BCUT2D eigenvalue weighted by Crippen LogP contribution is 2.59. The monoisotopic (exact) mass is 288 g/mol. The van der Waals surface area contributed by atoms with Gasteiger partial charge in [0.2, 0.25) is 5.95 Å². The number of rotatable bonds is 3. The van der Waals surface area contributed by atoms with Crippen LogP contribution >= 0.6 is 0 Å². The van der Waals surface area contributed by atoms with Gasteiger partial charge < -0.3 is 5.32 Å². The number of aromatic nitrogens is 1. The maximum atomic E-state index is 13.6. The first kappa shape index (κ1) is 13.2. The minimum absolute atomic E-state index is 0.0576. The average Bonchev–Trinajstić information content (AvgIpc) is 2.44. The Labute approximate surface area is 124 Å². The summed E-state index contributed by atoms with van der Waals surface area (Å²) < 4.78 is 13.6. The molecule has 1 heterocycles. The van der Waals surface area contributed by atoms with Gasteiger partial charge in [0.1, 0.15) is 0 Å². The van der Waals surface area contributed by atoms with Crippen LogP contribution < -0.4 is 5.32 Å². The highest BCUT2D eigenvalue weighted by molar-refractivity contribution is 5.94. The fourth-order valence-corrected chi connectivity index (χ4v) is 5.42. The summed E-state index contributed by atoms with van der Waals surface area (Å²) in [6, 6.07) is 3.10. The lowest BCUT2D eigenvalue weighted by molar-refractivity contribution is -0.0503. The Morgan fingerprint density at radius 2 is 1.86 bits per heavy atom. The topological polar surface area (TPSA) is 42.0 Å². The van der Waals surface area contributed by atoms with E-state index in [1.165, 1.54) is 50.8 Å². The van der Waals surface area contributed by atoms with E-state index in [1.807, 2.05) is 0 Å². The zero-order chi connectivity index (χ0) is 14.4. The summed E-state index contributed by atoms with van der Waals surface area (Å²) in [6.45, 7) is 0.698. The zero-order valence-electron chi connectivity index (χ0n) is 12.1. The van der Waals surface area contributed by atoms with Crippen LogP contribution in [0.2, 0.25) is 0 Å². The second kappa shape index (κ2) is 4.79. The lowest BCUT2D eigenvalue weighted by Gasteiger charge is -2.56. The van der Waals surface area contributed by atoms with Crippen LogP contribution in [0.1, 0.15) is 48.9 Å². The standard InChI is InChI=1S/C17H21FN2O/c18-15-14(2-1-3-19-15)16(21)20-10-17-7-11-4-12(8-17)6-13(5-11)9-17/h1-3,11-13H,4-10H2,(H,20,21). The van der Waals surface area contributed by atoms with Gasteiger partial charge in [-0.05, 0) is 73.8 Å². The van der Waals surface area contributed by atoms with Crippen molar-refractivity contribution in [2.24, 2.45) is 23.2 Å². The van der Waals surface area contributed by atoms with Gasteiger partial charge in [0.05, 0.1) is 5.56 Å². The smallest absolute Gasteiger partial charge is 0.255 e. The molecule has 4 bridgehead atoms. The van der Waals surface area contributed by atoms with Gasteiger partial charge in [0, 0.05) is 12.7 Å². The minimum Gasteiger partial charge on any atom is -0.351 e. The van der Waals surface area contributed by atoms with Gasteiger partial charge in [0.25, 0.3) is 5.91 Å². The molecule has 4 heteroatoms. The molecule has 0 atom stereocenters. The Balaban J connectivity index is 1.45. The molecule has 1 aromatic heterocycles. The van der Waals surface area contributed by atoms with Crippen LogP contribution in [0.5, 0.6) is 0 Å². The summed E-state index contributed by atoms with van der Waals surface area (Å²) in [5.41, 5.74) is 0.338. The molecule has 21 heavy (non-hydrogen) atoms. The molecule has 0 unspecified atom stereocenters. The van der Waals surface area contributed by atoms with E-state index in [0.29, 0.717) is 6.54 Å². The first-order chi connectivity index (χ1) is 10.1. The number of pyridine rings is 1. The van der Waals surface area contributed by atoms with Crippen molar-refractivity contribution in [2.75, 3.05) is 6.54 Å². The largest absolute Gasteiger partial charge is 0.351 e. The fraction of sp³-hybridized carbons (Fsp3) is 0.647. The fourth-order valence-electron chi connectivity index (χ4n) is 5.42. The van der Waals surface area contributed by atoms with E-state index in [9.17, 15) is 9.18 Å². The maximum Gasteiger partial charge on any atom is 0.255 e. The van der Waals surface area contributed by atoms with E-state index in [0.717, 1.165) is 17.8 Å². The Hall–Kier alpha value is -1.45. The van der Waals surface area contributed by atoms with Crippen LogP contribution in [-0.2, 0) is 0 Å². The number of hydrogen-bond donors (Lipinski definition) is 1. The molecule has 1 aromatic rings. The number of carbonyl (C=O) groups excluding carboxylic acids is 1. The van der Waals surface area contributed by atoms with E-state index < -0.39 is 5.95 Å². The van der Waals surface area contributed by atoms with Gasteiger partial charge in [-0.2, -0.15) is 4.39 Å². The van der Waals surface area contributed by atoms with Crippen LogP contribution in [0.15, 0.2) is 18.3 Å². The van der Waals surface area contributed by atoms with E-state index in [4.69, 9.17) is 0 Å². The van der Waals surface area contributed by atoms with E-state index in [-0.39, 0.29) is 16.9 Å². The molecule has 3 nitrogen and oxygen atoms in total. The van der Waals surface area contributed by atoms with Gasteiger partial charge in [-0.3, -0.25) is 4.79 Å². The molecule has 5 rings (SSSR count). The van der Waals surface area contributed by atoms with Crippen molar-refractivity contribution in [3.63, 3.8) is 0 Å². The van der Waals surface area contributed by atoms with Crippen molar-refractivity contribution in [1.82, 2.24) is 10.3 Å².